The van der Waals surface area contributed by atoms with Gasteiger partial charge >= 0.3 is 0 Å². The predicted molar refractivity (Wildman–Crippen MR) is 113 cm³/mol. The molecule has 3 rings (SSSR count). The topological polar surface area (TPSA) is 97.6 Å². The summed E-state index contributed by atoms with van der Waals surface area (Å²) >= 11 is 6.10. The molecule has 30 heavy (non-hydrogen) atoms. The zero-order valence-electron chi connectivity index (χ0n) is 16.2. The van der Waals surface area contributed by atoms with Gasteiger partial charge in [0.05, 0.1) is 30.7 Å². The van der Waals surface area contributed by atoms with Crippen molar-refractivity contribution in [3.8, 4) is 5.75 Å². The van der Waals surface area contributed by atoms with E-state index in [0.29, 0.717) is 16.5 Å². The number of benzene rings is 2. The highest BCUT2D eigenvalue weighted by Gasteiger charge is 2.25. The van der Waals surface area contributed by atoms with E-state index in [9.17, 15) is 13.2 Å². The van der Waals surface area contributed by atoms with Crippen LogP contribution in [0.1, 0.15) is 23.8 Å². The normalized spacial score (nSPS) is 12.3. The van der Waals surface area contributed by atoms with Gasteiger partial charge in [-0.05, 0) is 48.0 Å². The lowest BCUT2D eigenvalue weighted by Gasteiger charge is -2.17. The minimum atomic E-state index is -3.90. The second-order valence-electron chi connectivity index (χ2n) is 6.44. The molecule has 1 unspecified atom stereocenters. The Kier molecular flexibility index (Phi) is 7.15. The number of methoxy groups -OCH3 is 1. The SMILES string of the molecule is COc1ccc(S(=O)(=O)NC(CC(=O)NCc2ccccc2Cl)c2ccco2)cc1. The molecular weight excluding hydrogens is 428 g/mol. The molecule has 1 atom stereocenters. The second-order valence-corrected chi connectivity index (χ2v) is 8.56. The molecule has 1 amide bonds. The number of furan rings is 1. The lowest BCUT2D eigenvalue weighted by Crippen LogP contribution is -2.33. The van der Waals surface area contributed by atoms with Crippen LogP contribution < -0.4 is 14.8 Å². The summed E-state index contributed by atoms with van der Waals surface area (Å²) in [6.45, 7) is 0.231. The molecule has 2 N–H and O–H groups in total. The Morgan fingerprint density at radius 3 is 2.47 bits per heavy atom. The minimum Gasteiger partial charge on any atom is -0.497 e. The molecule has 7 nitrogen and oxygen atoms in total. The van der Waals surface area contributed by atoms with E-state index in [-0.39, 0.29) is 23.8 Å². The molecule has 0 saturated carbocycles. The van der Waals surface area contributed by atoms with Gasteiger partial charge in [-0.1, -0.05) is 29.8 Å². The van der Waals surface area contributed by atoms with Crippen LogP contribution in [-0.2, 0) is 21.4 Å². The summed E-state index contributed by atoms with van der Waals surface area (Å²) in [5.41, 5.74) is 0.765. The fraction of sp³-hybridized carbons (Fsp3) is 0.190. The number of carbonyl (C=O) groups excluding carboxylic acids is 1. The maximum absolute atomic E-state index is 12.8. The number of rotatable bonds is 9. The minimum absolute atomic E-state index is 0.0522. The molecule has 0 aliphatic carbocycles. The van der Waals surface area contributed by atoms with E-state index in [4.69, 9.17) is 20.8 Å². The Morgan fingerprint density at radius 1 is 1.10 bits per heavy atom. The number of hydrogen-bond donors (Lipinski definition) is 2. The number of halogens is 1. The first-order valence-electron chi connectivity index (χ1n) is 9.09. The number of ether oxygens (including phenoxy) is 1. The molecule has 0 aliphatic rings. The number of nitrogens with one attached hydrogen (secondary N) is 2. The van der Waals surface area contributed by atoms with Crippen LogP contribution in [0.3, 0.4) is 0 Å². The smallest absolute Gasteiger partial charge is 0.241 e. The molecule has 0 bridgehead atoms. The van der Waals surface area contributed by atoms with Gasteiger partial charge in [0, 0.05) is 11.6 Å². The molecule has 1 aromatic heterocycles. The maximum Gasteiger partial charge on any atom is 0.241 e. The third-order valence-electron chi connectivity index (χ3n) is 4.38. The third kappa shape index (κ3) is 5.63. The van der Waals surface area contributed by atoms with Crippen molar-refractivity contribution in [3.05, 3.63) is 83.3 Å². The summed E-state index contributed by atoms with van der Waals surface area (Å²) in [5, 5.41) is 3.30. The van der Waals surface area contributed by atoms with Crippen LogP contribution >= 0.6 is 11.6 Å². The van der Waals surface area contributed by atoms with Gasteiger partial charge in [0.1, 0.15) is 11.5 Å². The standard InChI is InChI=1S/C21H21ClN2O5S/c1-28-16-8-10-17(11-9-16)30(26,27)24-19(20-7-4-12-29-20)13-21(25)23-14-15-5-2-3-6-18(15)22/h2-12,19,24H,13-14H2,1H3,(H,23,25). The average molecular weight is 449 g/mol. The fourth-order valence-corrected chi connectivity index (χ4v) is 4.20. The van der Waals surface area contributed by atoms with Crippen molar-refractivity contribution in [2.75, 3.05) is 7.11 Å². The Bertz CT molecular complexity index is 1080. The van der Waals surface area contributed by atoms with E-state index in [1.807, 2.05) is 6.07 Å². The van der Waals surface area contributed by atoms with Crippen LogP contribution in [0.25, 0.3) is 0 Å². The van der Waals surface area contributed by atoms with Crippen LogP contribution in [0.2, 0.25) is 5.02 Å². The second kappa shape index (κ2) is 9.80. The summed E-state index contributed by atoms with van der Waals surface area (Å²) in [4.78, 5) is 12.5. The van der Waals surface area contributed by atoms with Crippen LogP contribution in [0.5, 0.6) is 5.75 Å². The summed E-state index contributed by atoms with van der Waals surface area (Å²) < 4.78 is 38.5. The average Bonchev–Trinajstić information content (AvgIpc) is 3.27. The van der Waals surface area contributed by atoms with Crippen LogP contribution in [0, 0.1) is 0 Å². The molecule has 0 spiro atoms. The number of amides is 1. The molecule has 0 fully saturated rings. The molecule has 9 heteroatoms. The van der Waals surface area contributed by atoms with Gasteiger partial charge in [0.25, 0.3) is 0 Å². The lowest BCUT2D eigenvalue weighted by molar-refractivity contribution is -0.121. The van der Waals surface area contributed by atoms with Gasteiger partial charge in [0.2, 0.25) is 15.9 Å². The highest BCUT2D eigenvalue weighted by Crippen LogP contribution is 2.22. The Hall–Kier alpha value is -2.81. The van der Waals surface area contributed by atoms with Gasteiger partial charge in [-0.2, -0.15) is 4.72 Å². The molecule has 0 radical (unpaired) electrons. The predicted octanol–water partition coefficient (Wildman–Crippen LogP) is 3.67. The van der Waals surface area contributed by atoms with E-state index in [1.54, 1.807) is 42.5 Å². The lowest BCUT2D eigenvalue weighted by atomic mass is 10.1. The first-order chi connectivity index (χ1) is 14.4. The molecule has 2 aromatic carbocycles. The van der Waals surface area contributed by atoms with Crippen LogP contribution in [-0.4, -0.2) is 21.4 Å². The van der Waals surface area contributed by atoms with Crippen molar-refractivity contribution in [3.63, 3.8) is 0 Å². The van der Waals surface area contributed by atoms with E-state index >= 15 is 0 Å². The van der Waals surface area contributed by atoms with E-state index in [0.717, 1.165) is 5.56 Å². The van der Waals surface area contributed by atoms with E-state index in [2.05, 4.69) is 10.0 Å². The monoisotopic (exact) mass is 448 g/mol. The van der Waals surface area contributed by atoms with Gasteiger partial charge in [-0.15, -0.1) is 0 Å². The van der Waals surface area contributed by atoms with Crippen molar-refractivity contribution >= 4 is 27.5 Å². The molecule has 0 aliphatic heterocycles. The van der Waals surface area contributed by atoms with Crippen molar-refractivity contribution in [2.45, 2.75) is 23.9 Å². The molecule has 158 valence electrons. The summed E-state index contributed by atoms with van der Waals surface area (Å²) in [5.74, 6) is 0.518. The van der Waals surface area contributed by atoms with Gasteiger partial charge in [0.15, 0.2) is 0 Å². The largest absolute Gasteiger partial charge is 0.497 e. The number of carbonyl (C=O) groups is 1. The highest BCUT2D eigenvalue weighted by molar-refractivity contribution is 7.89. The summed E-state index contributed by atoms with van der Waals surface area (Å²) in [6, 6.07) is 15.5. The highest BCUT2D eigenvalue weighted by atomic mass is 35.5. The van der Waals surface area contributed by atoms with E-state index < -0.39 is 16.1 Å². The molecule has 0 saturated heterocycles. The van der Waals surface area contributed by atoms with Crippen molar-refractivity contribution < 1.29 is 22.4 Å². The van der Waals surface area contributed by atoms with Gasteiger partial charge in [-0.3, -0.25) is 4.79 Å². The number of sulfonamides is 1. The van der Waals surface area contributed by atoms with Crippen molar-refractivity contribution in [1.29, 1.82) is 0 Å². The summed E-state index contributed by atoms with van der Waals surface area (Å²) in [7, 11) is -2.40. The first kappa shape index (κ1) is 21.9. The third-order valence-corrected chi connectivity index (χ3v) is 6.23. The Morgan fingerprint density at radius 2 is 1.83 bits per heavy atom. The maximum atomic E-state index is 12.8. The van der Waals surface area contributed by atoms with Gasteiger partial charge in [-0.25, -0.2) is 8.42 Å². The fourth-order valence-electron chi connectivity index (χ4n) is 2.79. The zero-order valence-corrected chi connectivity index (χ0v) is 17.7. The van der Waals surface area contributed by atoms with Crippen molar-refractivity contribution in [2.24, 2.45) is 0 Å². The molecule has 3 aromatic rings. The molecule has 1 heterocycles. The van der Waals surface area contributed by atoms with Gasteiger partial charge < -0.3 is 14.5 Å². The Balaban J connectivity index is 1.71. The van der Waals surface area contributed by atoms with E-state index in [1.165, 1.54) is 25.5 Å². The quantitative estimate of drug-likeness (QED) is 0.520. The number of hydrogen-bond acceptors (Lipinski definition) is 5. The van der Waals surface area contributed by atoms with Crippen LogP contribution in [0.15, 0.2) is 76.2 Å². The van der Waals surface area contributed by atoms with Crippen molar-refractivity contribution in [1.82, 2.24) is 10.0 Å². The zero-order chi connectivity index (χ0) is 21.6. The first-order valence-corrected chi connectivity index (χ1v) is 10.9. The molecular formula is C21H21ClN2O5S. The van der Waals surface area contributed by atoms with Crippen LogP contribution in [0.4, 0.5) is 0 Å². The summed E-state index contributed by atoms with van der Waals surface area (Å²) in [6.07, 6.45) is 1.28. The Labute approximate surface area is 180 Å².